The van der Waals surface area contributed by atoms with Crippen LogP contribution in [-0.4, -0.2) is 13.1 Å². The third kappa shape index (κ3) is 2.60. The molecular formula is C17H21NS. The molecule has 1 heterocycles. The van der Waals surface area contributed by atoms with E-state index in [-0.39, 0.29) is 0 Å². The van der Waals surface area contributed by atoms with E-state index >= 15 is 0 Å². The molecule has 19 heavy (non-hydrogen) atoms. The van der Waals surface area contributed by atoms with Crippen molar-refractivity contribution in [2.75, 3.05) is 7.05 Å². The van der Waals surface area contributed by atoms with E-state index in [1.165, 1.54) is 36.1 Å². The van der Waals surface area contributed by atoms with Gasteiger partial charge in [0, 0.05) is 16.3 Å². The molecule has 0 bridgehead atoms. The molecule has 1 atom stereocenters. The maximum absolute atomic E-state index is 3.57. The second kappa shape index (κ2) is 5.48. The summed E-state index contributed by atoms with van der Waals surface area (Å²) >= 11 is 1.87. The standard InChI is InChI=1S/C17H21NS/c1-18-16(10-9-15-8-5-13-19-15)17(11-12-17)14-6-3-2-4-7-14/h2-8,13,16,18H,9-12H2,1H3. The van der Waals surface area contributed by atoms with Gasteiger partial charge in [-0.1, -0.05) is 36.4 Å². The normalized spacial score (nSPS) is 18.2. The van der Waals surface area contributed by atoms with E-state index < -0.39 is 0 Å². The van der Waals surface area contributed by atoms with Crippen molar-refractivity contribution in [1.29, 1.82) is 0 Å². The Balaban J connectivity index is 1.72. The largest absolute Gasteiger partial charge is 0.316 e. The third-order valence-electron chi connectivity index (χ3n) is 4.41. The van der Waals surface area contributed by atoms with Crippen LogP contribution in [0.4, 0.5) is 0 Å². The van der Waals surface area contributed by atoms with E-state index in [0.29, 0.717) is 11.5 Å². The number of aryl methyl sites for hydroxylation is 1. The first-order chi connectivity index (χ1) is 9.35. The smallest absolute Gasteiger partial charge is 0.0164 e. The quantitative estimate of drug-likeness (QED) is 0.837. The summed E-state index contributed by atoms with van der Waals surface area (Å²) in [6.45, 7) is 0. The van der Waals surface area contributed by atoms with Crippen molar-refractivity contribution in [2.24, 2.45) is 0 Å². The maximum Gasteiger partial charge on any atom is 0.0164 e. The highest BCUT2D eigenvalue weighted by molar-refractivity contribution is 7.09. The van der Waals surface area contributed by atoms with Crippen LogP contribution in [0.3, 0.4) is 0 Å². The molecule has 1 fully saturated rings. The number of rotatable bonds is 6. The van der Waals surface area contributed by atoms with Gasteiger partial charge in [0.1, 0.15) is 0 Å². The molecule has 1 N–H and O–H groups in total. The fourth-order valence-electron chi connectivity index (χ4n) is 3.18. The van der Waals surface area contributed by atoms with Crippen molar-refractivity contribution in [3.05, 3.63) is 58.3 Å². The van der Waals surface area contributed by atoms with Crippen molar-refractivity contribution < 1.29 is 0 Å². The highest BCUT2D eigenvalue weighted by atomic mass is 32.1. The Morgan fingerprint density at radius 2 is 1.95 bits per heavy atom. The van der Waals surface area contributed by atoms with Crippen LogP contribution in [0.15, 0.2) is 47.8 Å². The first-order valence-corrected chi connectivity index (χ1v) is 7.98. The summed E-state index contributed by atoms with van der Waals surface area (Å²) < 4.78 is 0. The summed E-state index contributed by atoms with van der Waals surface area (Å²) in [5.41, 5.74) is 1.91. The van der Waals surface area contributed by atoms with Crippen LogP contribution in [0.5, 0.6) is 0 Å². The molecule has 1 aliphatic carbocycles. The molecule has 0 saturated heterocycles. The van der Waals surface area contributed by atoms with Gasteiger partial charge in [-0.2, -0.15) is 0 Å². The zero-order valence-corrected chi connectivity index (χ0v) is 12.2. The Morgan fingerprint density at radius 1 is 1.16 bits per heavy atom. The van der Waals surface area contributed by atoms with Gasteiger partial charge in [0.15, 0.2) is 0 Å². The number of benzene rings is 1. The molecule has 2 aromatic rings. The van der Waals surface area contributed by atoms with Crippen molar-refractivity contribution in [1.82, 2.24) is 5.32 Å². The summed E-state index contributed by atoms with van der Waals surface area (Å²) in [4.78, 5) is 1.50. The second-order valence-electron chi connectivity index (χ2n) is 5.48. The number of nitrogens with one attached hydrogen (secondary N) is 1. The van der Waals surface area contributed by atoms with Crippen LogP contribution in [0.25, 0.3) is 0 Å². The minimum absolute atomic E-state index is 0.396. The highest BCUT2D eigenvalue weighted by Crippen LogP contribution is 2.51. The number of likely N-dealkylation sites (N-methyl/N-ethyl adjacent to an activating group) is 1. The van der Waals surface area contributed by atoms with Gasteiger partial charge < -0.3 is 5.32 Å². The van der Waals surface area contributed by atoms with Gasteiger partial charge in [-0.3, -0.25) is 0 Å². The summed E-state index contributed by atoms with van der Waals surface area (Å²) in [7, 11) is 2.11. The fourth-order valence-corrected chi connectivity index (χ4v) is 3.91. The number of hydrogen-bond acceptors (Lipinski definition) is 2. The summed E-state index contributed by atoms with van der Waals surface area (Å²) in [5, 5.41) is 5.74. The van der Waals surface area contributed by atoms with Crippen LogP contribution in [-0.2, 0) is 11.8 Å². The molecule has 3 rings (SSSR count). The number of thiophene rings is 1. The first kappa shape index (κ1) is 12.9. The molecular weight excluding hydrogens is 250 g/mol. The maximum atomic E-state index is 3.57. The molecule has 1 saturated carbocycles. The average Bonchev–Trinajstić information content (AvgIpc) is 3.10. The van der Waals surface area contributed by atoms with E-state index in [2.05, 4.69) is 60.2 Å². The van der Waals surface area contributed by atoms with Crippen molar-refractivity contribution in [3.8, 4) is 0 Å². The van der Waals surface area contributed by atoms with Crippen LogP contribution in [0.1, 0.15) is 29.7 Å². The predicted octanol–water partition coefficient (Wildman–Crippen LogP) is 4.00. The van der Waals surface area contributed by atoms with Gasteiger partial charge in [-0.05, 0) is 49.7 Å². The minimum atomic E-state index is 0.396. The zero-order chi connectivity index (χ0) is 13.1. The van der Waals surface area contributed by atoms with E-state index in [4.69, 9.17) is 0 Å². The Bertz CT molecular complexity index is 499. The lowest BCUT2D eigenvalue weighted by Crippen LogP contribution is -2.38. The van der Waals surface area contributed by atoms with Crippen molar-refractivity contribution in [3.63, 3.8) is 0 Å². The van der Waals surface area contributed by atoms with Crippen LogP contribution in [0.2, 0.25) is 0 Å². The molecule has 0 spiro atoms. The third-order valence-corrected chi connectivity index (χ3v) is 5.35. The van der Waals surface area contributed by atoms with E-state index in [1.54, 1.807) is 0 Å². The van der Waals surface area contributed by atoms with Crippen LogP contribution in [0, 0.1) is 0 Å². The lowest BCUT2D eigenvalue weighted by atomic mass is 9.85. The summed E-state index contributed by atoms with van der Waals surface area (Å²) in [6.07, 6.45) is 5.07. The lowest BCUT2D eigenvalue weighted by molar-refractivity contribution is 0.420. The molecule has 1 aromatic carbocycles. The molecule has 2 heteroatoms. The van der Waals surface area contributed by atoms with Gasteiger partial charge in [0.05, 0.1) is 0 Å². The molecule has 0 aliphatic heterocycles. The SMILES string of the molecule is CNC(CCc1cccs1)C1(c2ccccc2)CC1. The zero-order valence-electron chi connectivity index (χ0n) is 11.4. The van der Waals surface area contributed by atoms with Crippen molar-refractivity contribution in [2.45, 2.75) is 37.1 Å². The predicted molar refractivity (Wildman–Crippen MR) is 82.8 cm³/mol. The first-order valence-electron chi connectivity index (χ1n) is 7.10. The fraction of sp³-hybridized carbons (Fsp3) is 0.412. The molecule has 0 radical (unpaired) electrons. The van der Waals surface area contributed by atoms with Gasteiger partial charge in [-0.25, -0.2) is 0 Å². The van der Waals surface area contributed by atoms with Gasteiger partial charge in [0.2, 0.25) is 0 Å². The van der Waals surface area contributed by atoms with E-state index in [0.717, 1.165) is 0 Å². The molecule has 0 amide bonds. The van der Waals surface area contributed by atoms with Gasteiger partial charge >= 0.3 is 0 Å². The summed E-state index contributed by atoms with van der Waals surface area (Å²) in [5.74, 6) is 0. The van der Waals surface area contributed by atoms with Gasteiger partial charge in [-0.15, -0.1) is 11.3 Å². The Labute approximate surface area is 119 Å². The molecule has 1 unspecified atom stereocenters. The Hall–Kier alpha value is -1.12. The van der Waals surface area contributed by atoms with Crippen LogP contribution < -0.4 is 5.32 Å². The van der Waals surface area contributed by atoms with Crippen molar-refractivity contribution >= 4 is 11.3 Å². The molecule has 1 nitrogen and oxygen atoms in total. The van der Waals surface area contributed by atoms with E-state index in [1.807, 2.05) is 11.3 Å². The molecule has 100 valence electrons. The molecule has 1 aliphatic rings. The van der Waals surface area contributed by atoms with Gasteiger partial charge in [0.25, 0.3) is 0 Å². The Kier molecular flexibility index (Phi) is 3.72. The lowest BCUT2D eigenvalue weighted by Gasteiger charge is -2.27. The van der Waals surface area contributed by atoms with E-state index in [9.17, 15) is 0 Å². The number of hydrogen-bond donors (Lipinski definition) is 1. The summed E-state index contributed by atoms with van der Waals surface area (Å²) in [6, 6.07) is 16.0. The highest BCUT2D eigenvalue weighted by Gasteiger charge is 2.49. The Morgan fingerprint density at radius 3 is 2.53 bits per heavy atom. The topological polar surface area (TPSA) is 12.0 Å². The molecule has 1 aromatic heterocycles. The minimum Gasteiger partial charge on any atom is -0.316 e. The van der Waals surface area contributed by atoms with Crippen LogP contribution >= 0.6 is 11.3 Å². The second-order valence-corrected chi connectivity index (χ2v) is 6.51. The monoisotopic (exact) mass is 271 g/mol. The average molecular weight is 271 g/mol.